The lowest BCUT2D eigenvalue weighted by molar-refractivity contribution is -0.129. The second-order valence-electron chi connectivity index (χ2n) is 6.70. The molecule has 152 valence electrons. The topological polar surface area (TPSA) is 75.3 Å². The van der Waals surface area contributed by atoms with Crippen LogP contribution in [0.5, 0.6) is 0 Å². The summed E-state index contributed by atoms with van der Waals surface area (Å²) >= 11 is 3.28. The van der Waals surface area contributed by atoms with Crippen molar-refractivity contribution in [1.29, 1.82) is 0 Å². The smallest absolute Gasteiger partial charge is 0.262 e. The van der Waals surface area contributed by atoms with Crippen molar-refractivity contribution in [2.24, 2.45) is 0 Å². The van der Waals surface area contributed by atoms with Gasteiger partial charge in [-0.3, -0.25) is 9.59 Å². The van der Waals surface area contributed by atoms with Gasteiger partial charge < -0.3 is 15.4 Å². The van der Waals surface area contributed by atoms with Gasteiger partial charge in [-0.05, 0) is 42.4 Å². The van der Waals surface area contributed by atoms with E-state index in [0.29, 0.717) is 24.0 Å². The van der Waals surface area contributed by atoms with E-state index in [1.54, 1.807) is 0 Å². The molecule has 0 spiro atoms. The van der Waals surface area contributed by atoms with Crippen LogP contribution in [0.2, 0.25) is 0 Å². The molecule has 2 aromatic rings. The van der Waals surface area contributed by atoms with Crippen LogP contribution in [0, 0.1) is 0 Å². The zero-order valence-corrected chi connectivity index (χ0v) is 18.1. The molecule has 1 aromatic carbocycles. The summed E-state index contributed by atoms with van der Waals surface area (Å²) in [5.74, 6) is 0.753. The zero-order valence-electron chi connectivity index (χ0n) is 16.5. The lowest BCUT2D eigenvalue weighted by atomic mass is 9.80. The minimum absolute atomic E-state index is 0.0284. The Bertz CT molecular complexity index is 763. The lowest BCUT2D eigenvalue weighted by Gasteiger charge is -2.36. The van der Waals surface area contributed by atoms with Crippen LogP contribution in [0.1, 0.15) is 48.7 Å². The third kappa shape index (κ3) is 5.82. The number of hydrogen-bond donors (Lipinski definition) is 2. The number of carbonyl (C=O) groups excluding carboxylic acids is 3. The summed E-state index contributed by atoms with van der Waals surface area (Å²) in [4.78, 5) is 36.4. The molecule has 0 atom stereocenters. The summed E-state index contributed by atoms with van der Waals surface area (Å²) in [6, 6.07) is 9.68. The van der Waals surface area contributed by atoms with Crippen molar-refractivity contribution in [3.63, 3.8) is 0 Å². The molecular weight excluding hydrogens is 392 g/mol. The quantitative estimate of drug-likeness (QED) is 0.692. The maximum absolute atomic E-state index is 12.7. The molecule has 2 N–H and O–H groups in total. The molecule has 0 unspecified atom stereocenters. The van der Waals surface area contributed by atoms with E-state index in [9.17, 15) is 14.4 Å². The van der Waals surface area contributed by atoms with E-state index in [1.807, 2.05) is 42.1 Å². The number of rotatable bonds is 6. The van der Waals surface area contributed by atoms with Crippen molar-refractivity contribution in [1.82, 2.24) is 10.6 Å². The van der Waals surface area contributed by atoms with Gasteiger partial charge in [0, 0.05) is 4.70 Å². The van der Waals surface area contributed by atoms with E-state index >= 15 is 0 Å². The number of amides is 2. The van der Waals surface area contributed by atoms with Crippen molar-refractivity contribution < 1.29 is 14.4 Å². The highest BCUT2D eigenvalue weighted by Gasteiger charge is 2.41. The molecule has 1 saturated carbocycles. The zero-order chi connectivity index (χ0) is 20.4. The van der Waals surface area contributed by atoms with Gasteiger partial charge in [-0.2, -0.15) is 11.8 Å². The second-order valence-corrected chi connectivity index (χ2v) is 8.94. The number of thioether (sulfide) groups is 1. The number of carbonyl (C=O) groups is 3. The Morgan fingerprint density at radius 3 is 2.50 bits per heavy atom. The Morgan fingerprint density at radius 2 is 1.89 bits per heavy atom. The number of aldehydes is 1. The summed E-state index contributed by atoms with van der Waals surface area (Å²) in [7, 11) is 0. The fourth-order valence-electron chi connectivity index (χ4n) is 3.24. The molecule has 1 heterocycles. The molecule has 28 heavy (non-hydrogen) atoms. The van der Waals surface area contributed by atoms with Crippen LogP contribution in [-0.4, -0.2) is 42.2 Å². The Balaban J connectivity index is 0.000000640. The molecular formula is C21H28N2O3S2. The molecule has 5 nitrogen and oxygen atoms in total. The van der Waals surface area contributed by atoms with Gasteiger partial charge in [0.1, 0.15) is 11.8 Å². The second kappa shape index (κ2) is 11.2. The first kappa shape index (κ1) is 22.4. The average Bonchev–Trinajstić information content (AvgIpc) is 3.17. The van der Waals surface area contributed by atoms with E-state index in [2.05, 4.69) is 23.8 Å². The summed E-state index contributed by atoms with van der Waals surface area (Å²) < 4.78 is 1.05. The maximum Gasteiger partial charge on any atom is 0.262 e. The highest BCUT2D eigenvalue weighted by Crippen LogP contribution is 2.30. The molecule has 1 fully saturated rings. The van der Waals surface area contributed by atoms with Crippen LogP contribution in [0.25, 0.3) is 10.1 Å². The van der Waals surface area contributed by atoms with Crippen LogP contribution in [0.4, 0.5) is 0 Å². The largest absolute Gasteiger partial charge is 0.347 e. The third-order valence-electron chi connectivity index (χ3n) is 4.78. The summed E-state index contributed by atoms with van der Waals surface area (Å²) in [6.07, 6.45) is 6.80. The van der Waals surface area contributed by atoms with Crippen LogP contribution < -0.4 is 10.6 Å². The van der Waals surface area contributed by atoms with Crippen LogP contribution in [-0.2, 0) is 9.59 Å². The van der Waals surface area contributed by atoms with E-state index in [-0.39, 0.29) is 18.4 Å². The van der Waals surface area contributed by atoms with Crippen molar-refractivity contribution in [3.05, 3.63) is 35.2 Å². The number of fused-ring (bicyclic) bond motifs is 1. The molecule has 3 rings (SSSR count). The van der Waals surface area contributed by atoms with Gasteiger partial charge in [-0.15, -0.1) is 11.3 Å². The number of thiophene rings is 1. The molecule has 2 amide bonds. The molecule has 1 aliphatic rings. The molecule has 1 aromatic heterocycles. The Labute approximate surface area is 174 Å². The number of benzene rings is 1. The fourth-order valence-corrected chi connectivity index (χ4v) is 4.20. The van der Waals surface area contributed by atoms with Crippen molar-refractivity contribution in [2.45, 2.75) is 44.6 Å². The van der Waals surface area contributed by atoms with E-state index < -0.39 is 5.54 Å². The van der Waals surface area contributed by atoms with Gasteiger partial charge in [0.05, 0.1) is 11.4 Å². The highest BCUT2D eigenvalue weighted by molar-refractivity contribution is 7.98. The average molecular weight is 421 g/mol. The highest BCUT2D eigenvalue weighted by atomic mass is 32.2. The van der Waals surface area contributed by atoms with E-state index in [4.69, 9.17) is 0 Å². The van der Waals surface area contributed by atoms with Crippen LogP contribution >= 0.6 is 23.1 Å². The predicted octanol–water partition coefficient (Wildman–Crippen LogP) is 4.02. The maximum atomic E-state index is 12.7. The fraction of sp³-hybridized carbons (Fsp3) is 0.476. The molecule has 0 bridgehead atoms. The van der Waals surface area contributed by atoms with Gasteiger partial charge >= 0.3 is 0 Å². The van der Waals surface area contributed by atoms with Gasteiger partial charge in [0.2, 0.25) is 5.91 Å². The summed E-state index contributed by atoms with van der Waals surface area (Å²) in [5, 5.41) is 6.59. The third-order valence-corrected chi connectivity index (χ3v) is 6.47. The minimum atomic E-state index is -0.908. The van der Waals surface area contributed by atoms with Crippen LogP contribution in [0.3, 0.4) is 0 Å². The minimum Gasteiger partial charge on any atom is -0.347 e. The van der Waals surface area contributed by atoms with Crippen molar-refractivity contribution in [2.75, 3.05) is 18.6 Å². The molecule has 0 aliphatic heterocycles. The lowest BCUT2D eigenvalue weighted by Crippen LogP contribution is -2.59. The van der Waals surface area contributed by atoms with Gasteiger partial charge in [-0.25, -0.2) is 0 Å². The van der Waals surface area contributed by atoms with Crippen molar-refractivity contribution in [3.8, 4) is 0 Å². The standard InChI is InChI=1S/C18H20N2O3S.C3H8S/c21-11-10-19-17(23)18(8-4-1-5-9-18)20-16(22)15-12-13-6-2-3-7-14(13)24-15;1-3-4-2/h2-3,6-7,11-12H,1,4-5,8-10H2,(H,19,23)(H,20,22);3H2,1-2H3. The van der Waals surface area contributed by atoms with Crippen LogP contribution in [0.15, 0.2) is 30.3 Å². The van der Waals surface area contributed by atoms with Gasteiger partial charge in [-0.1, -0.05) is 44.4 Å². The molecule has 1 aliphatic carbocycles. The van der Waals surface area contributed by atoms with Gasteiger partial charge in [0.15, 0.2) is 0 Å². The first-order valence-electron chi connectivity index (χ1n) is 9.58. The summed E-state index contributed by atoms with van der Waals surface area (Å²) in [5.41, 5.74) is -0.908. The molecule has 0 saturated heterocycles. The first-order valence-corrected chi connectivity index (χ1v) is 11.8. The van der Waals surface area contributed by atoms with Gasteiger partial charge in [0.25, 0.3) is 5.91 Å². The number of hydrogen-bond acceptors (Lipinski definition) is 5. The van der Waals surface area contributed by atoms with E-state index in [1.165, 1.54) is 17.1 Å². The number of nitrogens with one attached hydrogen (secondary N) is 2. The Kier molecular flexibility index (Phi) is 8.99. The predicted molar refractivity (Wildman–Crippen MR) is 118 cm³/mol. The summed E-state index contributed by atoms with van der Waals surface area (Å²) in [6.45, 7) is 2.12. The monoisotopic (exact) mass is 420 g/mol. The van der Waals surface area contributed by atoms with E-state index in [0.717, 1.165) is 29.3 Å². The Morgan fingerprint density at radius 1 is 1.21 bits per heavy atom. The normalized spacial score (nSPS) is 15.2. The van der Waals surface area contributed by atoms with Crippen molar-refractivity contribution >= 4 is 51.3 Å². The Hall–Kier alpha value is -1.86. The molecule has 0 radical (unpaired) electrons. The molecule has 7 heteroatoms. The first-order chi connectivity index (χ1) is 13.6. The SMILES string of the molecule is CCSC.O=CCNC(=O)C1(NC(=O)c2cc3ccccc3s2)CCCCC1.